The van der Waals surface area contributed by atoms with E-state index < -0.39 is 4.92 Å². The van der Waals surface area contributed by atoms with Crippen LogP contribution in [-0.2, 0) is 11.4 Å². The minimum absolute atomic E-state index is 0.0409. The number of piperazine rings is 1. The SMILES string of the molecule is O=C(/C=C/c1ccc(OCc2ccccc2)cc1)N1CCN(c2ccc([N+](=O)[O-])nc2)CC1. The Hall–Kier alpha value is -4.20. The number of pyridine rings is 1. The molecule has 0 radical (unpaired) electrons. The molecular formula is C25H24N4O4. The quantitative estimate of drug-likeness (QED) is 0.312. The summed E-state index contributed by atoms with van der Waals surface area (Å²) in [6.07, 6.45) is 4.89. The summed E-state index contributed by atoms with van der Waals surface area (Å²) < 4.78 is 5.79. The lowest BCUT2D eigenvalue weighted by Crippen LogP contribution is -2.48. The van der Waals surface area contributed by atoms with Crippen LogP contribution in [0.25, 0.3) is 6.08 Å². The van der Waals surface area contributed by atoms with E-state index in [1.54, 1.807) is 23.1 Å². The summed E-state index contributed by atoms with van der Waals surface area (Å²) in [5, 5.41) is 10.7. The van der Waals surface area contributed by atoms with Gasteiger partial charge in [-0.3, -0.25) is 4.79 Å². The zero-order valence-electron chi connectivity index (χ0n) is 18.0. The molecule has 0 bridgehead atoms. The third-order valence-corrected chi connectivity index (χ3v) is 5.42. The van der Waals surface area contributed by atoms with Crippen LogP contribution in [-0.4, -0.2) is 46.9 Å². The van der Waals surface area contributed by atoms with Crippen molar-refractivity contribution in [2.24, 2.45) is 0 Å². The number of amides is 1. The predicted octanol–water partition coefficient (Wildman–Crippen LogP) is 3.93. The van der Waals surface area contributed by atoms with E-state index in [-0.39, 0.29) is 11.7 Å². The lowest BCUT2D eigenvalue weighted by Gasteiger charge is -2.35. The number of hydrogen-bond acceptors (Lipinski definition) is 6. The molecule has 4 rings (SSSR count). The molecule has 1 amide bonds. The van der Waals surface area contributed by atoms with E-state index in [1.165, 1.54) is 12.3 Å². The van der Waals surface area contributed by atoms with E-state index in [0.29, 0.717) is 32.8 Å². The number of rotatable bonds is 7. The van der Waals surface area contributed by atoms with E-state index in [2.05, 4.69) is 9.88 Å². The van der Waals surface area contributed by atoms with Gasteiger partial charge in [-0.25, -0.2) is 0 Å². The minimum atomic E-state index is -0.516. The van der Waals surface area contributed by atoms with Crippen LogP contribution in [0.4, 0.5) is 11.5 Å². The maximum Gasteiger partial charge on any atom is 0.363 e. The van der Waals surface area contributed by atoms with E-state index >= 15 is 0 Å². The number of aromatic nitrogens is 1. The van der Waals surface area contributed by atoms with Crippen molar-refractivity contribution in [1.82, 2.24) is 9.88 Å². The molecule has 0 atom stereocenters. The molecule has 1 saturated heterocycles. The lowest BCUT2D eigenvalue weighted by molar-refractivity contribution is -0.389. The Balaban J connectivity index is 1.25. The lowest BCUT2D eigenvalue weighted by atomic mass is 10.2. The molecule has 2 heterocycles. The molecule has 1 aliphatic heterocycles. The molecule has 168 valence electrons. The number of benzene rings is 2. The first-order valence-corrected chi connectivity index (χ1v) is 10.7. The fraction of sp³-hybridized carbons (Fsp3) is 0.200. The van der Waals surface area contributed by atoms with Crippen LogP contribution in [0.5, 0.6) is 5.75 Å². The summed E-state index contributed by atoms with van der Waals surface area (Å²) in [5.74, 6) is 0.563. The maximum absolute atomic E-state index is 12.6. The molecule has 2 aromatic carbocycles. The highest BCUT2D eigenvalue weighted by Gasteiger charge is 2.21. The van der Waals surface area contributed by atoms with Gasteiger partial charge in [-0.2, -0.15) is 0 Å². The van der Waals surface area contributed by atoms with E-state index in [0.717, 1.165) is 22.6 Å². The van der Waals surface area contributed by atoms with Crippen LogP contribution >= 0.6 is 0 Å². The first-order valence-electron chi connectivity index (χ1n) is 10.7. The van der Waals surface area contributed by atoms with Crippen LogP contribution in [0.1, 0.15) is 11.1 Å². The van der Waals surface area contributed by atoms with E-state index in [9.17, 15) is 14.9 Å². The van der Waals surface area contributed by atoms with Crippen LogP contribution in [0.15, 0.2) is 79.0 Å². The molecule has 0 saturated carbocycles. The molecule has 0 spiro atoms. The van der Waals surface area contributed by atoms with Crippen molar-refractivity contribution in [3.8, 4) is 5.75 Å². The number of anilines is 1. The van der Waals surface area contributed by atoms with Crippen molar-refractivity contribution in [1.29, 1.82) is 0 Å². The highest BCUT2D eigenvalue weighted by Crippen LogP contribution is 2.19. The van der Waals surface area contributed by atoms with Gasteiger partial charge in [-0.1, -0.05) is 42.5 Å². The van der Waals surface area contributed by atoms with Crippen LogP contribution < -0.4 is 9.64 Å². The average Bonchev–Trinajstić information content (AvgIpc) is 2.87. The van der Waals surface area contributed by atoms with Gasteiger partial charge in [0.05, 0.1) is 5.69 Å². The molecule has 0 aliphatic carbocycles. The topological polar surface area (TPSA) is 88.8 Å². The normalized spacial score (nSPS) is 13.8. The average molecular weight is 444 g/mol. The number of nitrogens with zero attached hydrogens (tertiary/aromatic N) is 4. The molecule has 33 heavy (non-hydrogen) atoms. The van der Waals surface area contributed by atoms with Gasteiger partial charge in [0.1, 0.15) is 12.4 Å². The predicted molar refractivity (Wildman–Crippen MR) is 126 cm³/mol. The summed E-state index contributed by atoms with van der Waals surface area (Å²) in [4.78, 5) is 30.5. The third kappa shape index (κ3) is 5.94. The molecule has 0 unspecified atom stereocenters. The van der Waals surface area contributed by atoms with E-state index in [4.69, 9.17) is 4.74 Å². The Bertz CT molecular complexity index is 1110. The zero-order valence-corrected chi connectivity index (χ0v) is 18.0. The standard InChI is InChI=1S/C25H24N4O4/c30-25(28-16-14-27(15-17-28)22-9-12-24(26-18-22)29(31)32)13-8-20-6-10-23(11-7-20)33-19-21-4-2-1-3-5-21/h1-13,18H,14-17,19H2/b13-8+. The largest absolute Gasteiger partial charge is 0.489 e. The molecular weight excluding hydrogens is 420 g/mol. The summed E-state index contributed by atoms with van der Waals surface area (Å²) in [6.45, 7) is 2.95. The van der Waals surface area contributed by atoms with Crippen molar-refractivity contribution in [2.75, 3.05) is 31.1 Å². The monoisotopic (exact) mass is 444 g/mol. The van der Waals surface area contributed by atoms with Crippen LogP contribution in [0.3, 0.4) is 0 Å². The molecule has 8 heteroatoms. The number of nitro groups is 1. The number of ether oxygens (including phenoxy) is 1. The summed E-state index contributed by atoms with van der Waals surface area (Å²) in [6, 6.07) is 20.7. The molecule has 8 nitrogen and oxygen atoms in total. The van der Waals surface area contributed by atoms with Gasteiger partial charge >= 0.3 is 5.82 Å². The Morgan fingerprint density at radius 1 is 1.00 bits per heavy atom. The first-order chi connectivity index (χ1) is 16.1. The second kappa shape index (κ2) is 10.4. The van der Waals surface area contributed by atoms with Gasteiger partial charge in [-0.15, -0.1) is 0 Å². The van der Waals surface area contributed by atoms with E-state index in [1.807, 2.05) is 54.6 Å². The Morgan fingerprint density at radius 3 is 2.36 bits per heavy atom. The van der Waals surface area contributed by atoms with Crippen molar-refractivity contribution in [2.45, 2.75) is 6.61 Å². The van der Waals surface area contributed by atoms with Crippen molar-refractivity contribution >= 4 is 23.5 Å². The summed E-state index contributed by atoms with van der Waals surface area (Å²) in [7, 11) is 0. The van der Waals surface area contributed by atoms with Crippen molar-refractivity contribution < 1.29 is 14.5 Å². The zero-order chi connectivity index (χ0) is 23.0. The van der Waals surface area contributed by atoms with Gasteiger partial charge in [-0.05, 0) is 45.3 Å². The second-order valence-electron chi connectivity index (χ2n) is 7.62. The third-order valence-electron chi connectivity index (χ3n) is 5.42. The van der Waals surface area contributed by atoms with Crippen molar-refractivity contribution in [3.05, 3.63) is 100 Å². The molecule has 1 fully saturated rings. The van der Waals surface area contributed by atoms with Gasteiger partial charge in [0.2, 0.25) is 5.91 Å². The summed E-state index contributed by atoms with van der Waals surface area (Å²) in [5.41, 5.74) is 2.85. The van der Waals surface area contributed by atoms with Crippen molar-refractivity contribution in [3.63, 3.8) is 0 Å². The highest BCUT2D eigenvalue weighted by atomic mass is 16.6. The number of hydrogen-bond donors (Lipinski definition) is 0. The first kappa shape index (κ1) is 22.0. The van der Waals surface area contributed by atoms with Crippen LogP contribution in [0.2, 0.25) is 0 Å². The number of carbonyl (C=O) groups is 1. The second-order valence-corrected chi connectivity index (χ2v) is 7.62. The highest BCUT2D eigenvalue weighted by molar-refractivity contribution is 5.92. The van der Waals surface area contributed by atoms with Gasteiger partial charge in [0, 0.05) is 38.3 Å². The van der Waals surface area contributed by atoms with Crippen LogP contribution in [0, 0.1) is 10.1 Å². The summed E-state index contributed by atoms with van der Waals surface area (Å²) >= 11 is 0. The van der Waals surface area contributed by atoms with Gasteiger partial charge < -0.3 is 24.7 Å². The fourth-order valence-corrected chi connectivity index (χ4v) is 3.55. The molecule has 1 aliphatic rings. The molecule has 1 aromatic heterocycles. The smallest absolute Gasteiger partial charge is 0.363 e. The maximum atomic E-state index is 12.6. The Labute approximate surface area is 191 Å². The molecule has 0 N–H and O–H groups in total. The fourth-order valence-electron chi connectivity index (χ4n) is 3.55. The Kier molecular flexibility index (Phi) is 6.94. The number of carbonyl (C=O) groups excluding carboxylic acids is 1. The Morgan fingerprint density at radius 2 is 1.73 bits per heavy atom. The van der Waals surface area contributed by atoms with Gasteiger partial charge in [0.25, 0.3) is 0 Å². The molecule has 3 aromatic rings. The minimum Gasteiger partial charge on any atom is -0.489 e. The van der Waals surface area contributed by atoms with Gasteiger partial charge in [0.15, 0.2) is 6.20 Å².